The van der Waals surface area contributed by atoms with Gasteiger partial charge < -0.3 is 9.47 Å². The van der Waals surface area contributed by atoms with Crippen molar-refractivity contribution in [2.24, 2.45) is 0 Å². The van der Waals surface area contributed by atoms with Gasteiger partial charge in [-0.3, -0.25) is 14.9 Å². The summed E-state index contributed by atoms with van der Waals surface area (Å²) < 4.78 is 10.6. The van der Waals surface area contributed by atoms with E-state index >= 15 is 0 Å². The van der Waals surface area contributed by atoms with Crippen molar-refractivity contribution in [1.29, 1.82) is 0 Å². The van der Waals surface area contributed by atoms with Gasteiger partial charge >= 0.3 is 5.69 Å². The van der Waals surface area contributed by atoms with Crippen LogP contribution in [0.2, 0.25) is 0 Å². The van der Waals surface area contributed by atoms with E-state index in [0.29, 0.717) is 19.5 Å². The highest BCUT2D eigenvalue weighted by molar-refractivity contribution is 5.77. The monoisotopic (exact) mass is 267 g/mol. The second-order valence-corrected chi connectivity index (χ2v) is 3.92. The quantitative estimate of drug-likeness (QED) is 0.297. The van der Waals surface area contributed by atoms with Crippen LogP contribution in [0.5, 0.6) is 5.75 Å². The lowest BCUT2D eigenvalue weighted by Crippen LogP contribution is -2.08. The lowest BCUT2D eigenvalue weighted by molar-refractivity contribution is -0.385. The summed E-state index contributed by atoms with van der Waals surface area (Å²) in [6.07, 6.45) is 2.60. The summed E-state index contributed by atoms with van der Waals surface area (Å²) in [6, 6.07) is 4.10. The van der Waals surface area contributed by atoms with E-state index in [-0.39, 0.29) is 23.6 Å². The standard InChI is InChI=1S/C13H17NO5/c1-2-3-6-18-7-8-19-13-5-4-11(10-15)9-12(13)14(16)17/h4-5,9-10H,2-3,6-8H2,1H3. The molecule has 0 aliphatic rings. The predicted molar refractivity (Wildman–Crippen MR) is 69.7 cm³/mol. The summed E-state index contributed by atoms with van der Waals surface area (Å²) in [5, 5.41) is 10.8. The molecule has 0 spiro atoms. The Bertz CT molecular complexity index is 433. The van der Waals surface area contributed by atoms with Gasteiger partial charge in [-0.05, 0) is 18.6 Å². The van der Waals surface area contributed by atoms with Gasteiger partial charge in [-0.15, -0.1) is 0 Å². The molecule has 0 aliphatic carbocycles. The third-order valence-corrected chi connectivity index (χ3v) is 2.44. The molecule has 19 heavy (non-hydrogen) atoms. The molecule has 0 aromatic heterocycles. The molecule has 6 nitrogen and oxygen atoms in total. The zero-order valence-corrected chi connectivity index (χ0v) is 10.8. The first-order valence-corrected chi connectivity index (χ1v) is 6.13. The van der Waals surface area contributed by atoms with Crippen LogP contribution in [0.15, 0.2) is 18.2 Å². The van der Waals surface area contributed by atoms with Crippen molar-refractivity contribution in [3.63, 3.8) is 0 Å². The Balaban J connectivity index is 2.53. The van der Waals surface area contributed by atoms with Crippen LogP contribution in [0, 0.1) is 10.1 Å². The largest absolute Gasteiger partial charge is 0.484 e. The second kappa shape index (κ2) is 8.20. The summed E-state index contributed by atoms with van der Waals surface area (Å²) in [4.78, 5) is 20.8. The molecule has 0 aliphatic heterocycles. The third-order valence-electron chi connectivity index (χ3n) is 2.44. The number of nitrogens with zero attached hydrogens (tertiary/aromatic N) is 1. The van der Waals surface area contributed by atoms with Gasteiger partial charge in [0, 0.05) is 18.2 Å². The molecule has 0 fully saturated rings. The van der Waals surface area contributed by atoms with E-state index in [4.69, 9.17) is 9.47 Å². The maximum absolute atomic E-state index is 10.8. The fraction of sp³-hybridized carbons (Fsp3) is 0.462. The number of nitro groups is 1. The summed E-state index contributed by atoms with van der Waals surface area (Å²) in [5.41, 5.74) is 0.0383. The van der Waals surface area contributed by atoms with Crippen molar-refractivity contribution < 1.29 is 19.2 Å². The van der Waals surface area contributed by atoms with E-state index in [1.165, 1.54) is 18.2 Å². The van der Waals surface area contributed by atoms with Crippen molar-refractivity contribution in [3.05, 3.63) is 33.9 Å². The fourth-order valence-corrected chi connectivity index (χ4v) is 1.43. The Morgan fingerprint density at radius 1 is 1.32 bits per heavy atom. The van der Waals surface area contributed by atoms with Crippen molar-refractivity contribution >= 4 is 12.0 Å². The van der Waals surface area contributed by atoms with Gasteiger partial charge in [0.25, 0.3) is 0 Å². The molecule has 0 heterocycles. The van der Waals surface area contributed by atoms with Crippen molar-refractivity contribution in [2.75, 3.05) is 19.8 Å². The minimum absolute atomic E-state index is 0.148. The molecule has 1 aromatic carbocycles. The van der Waals surface area contributed by atoms with Crippen molar-refractivity contribution in [3.8, 4) is 5.75 Å². The van der Waals surface area contributed by atoms with Crippen LogP contribution in [0.3, 0.4) is 0 Å². The van der Waals surface area contributed by atoms with Crippen LogP contribution in [-0.2, 0) is 4.74 Å². The highest BCUT2D eigenvalue weighted by Gasteiger charge is 2.15. The molecule has 0 saturated carbocycles. The Morgan fingerprint density at radius 2 is 2.11 bits per heavy atom. The number of rotatable bonds is 9. The number of nitro benzene ring substituents is 1. The molecule has 0 unspecified atom stereocenters. The lowest BCUT2D eigenvalue weighted by Gasteiger charge is -2.07. The number of hydrogen-bond acceptors (Lipinski definition) is 5. The molecule has 0 N–H and O–H groups in total. The van der Waals surface area contributed by atoms with Crippen LogP contribution >= 0.6 is 0 Å². The minimum Gasteiger partial charge on any atom is -0.484 e. The number of aldehydes is 1. The average Bonchev–Trinajstić information content (AvgIpc) is 2.42. The zero-order valence-electron chi connectivity index (χ0n) is 10.8. The van der Waals surface area contributed by atoms with Gasteiger partial charge in [0.15, 0.2) is 5.75 Å². The molecule has 0 radical (unpaired) electrons. The smallest absolute Gasteiger partial charge is 0.311 e. The van der Waals surface area contributed by atoms with Gasteiger partial charge in [0.05, 0.1) is 11.5 Å². The van der Waals surface area contributed by atoms with Crippen LogP contribution in [0.25, 0.3) is 0 Å². The molecule has 6 heteroatoms. The number of ether oxygens (including phenoxy) is 2. The maximum Gasteiger partial charge on any atom is 0.311 e. The highest BCUT2D eigenvalue weighted by atomic mass is 16.6. The fourth-order valence-electron chi connectivity index (χ4n) is 1.43. The van der Waals surface area contributed by atoms with Crippen LogP contribution in [-0.4, -0.2) is 31.0 Å². The molecular formula is C13H17NO5. The number of carbonyl (C=O) groups is 1. The molecular weight excluding hydrogens is 250 g/mol. The van der Waals surface area contributed by atoms with E-state index in [1.807, 2.05) is 0 Å². The Labute approximate surface area is 111 Å². The SMILES string of the molecule is CCCCOCCOc1ccc(C=O)cc1[N+](=O)[O-]. The first kappa shape index (κ1) is 15.1. The number of carbonyl (C=O) groups excluding carboxylic acids is 1. The van der Waals surface area contributed by atoms with Gasteiger partial charge in [-0.25, -0.2) is 0 Å². The van der Waals surface area contributed by atoms with Gasteiger partial charge in [0.1, 0.15) is 12.9 Å². The number of benzene rings is 1. The first-order chi connectivity index (χ1) is 9.19. The molecule has 0 saturated heterocycles. The van der Waals surface area contributed by atoms with Gasteiger partial charge in [0.2, 0.25) is 0 Å². The van der Waals surface area contributed by atoms with E-state index in [0.717, 1.165) is 12.8 Å². The first-order valence-electron chi connectivity index (χ1n) is 6.13. The van der Waals surface area contributed by atoms with Crippen molar-refractivity contribution in [1.82, 2.24) is 0 Å². The molecule has 1 aromatic rings. The average molecular weight is 267 g/mol. The summed E-state index contributed by atoms with van der Waals surface area (Å²) in [7, 11) is 0. The van der Waals surface area contributed by atoms with Crippen LogP contribution in [0.4, 0.5) is 5.69 Å². The Morgan fingerprint density at radius 3 is 2.74 bits per heavy atom. The molecule has 104 valence electrons. The van der Waals surface area contributed by atoms with Gasteiger partial charge in [-0.1, -0.05) is 13.3 Å². The highest BCUT2D eigenvalue weighted by Crippen LogP contribution is 2.27. The topological polar surface area (TPSA) is 78.7 Å². The van der Waals surface area contributed by atoms with Crippen molar-refractivity contribution in [2.45, 2.75) is 19.8 Å². The summed E-state index contributed by atoms with van der Waals surface area (Å²) >= 11 is 0. The van der Waals surface area contributed by atoms with E-state index in [9.17, 15) is 14.9 Å². The molecule has 1 rings (SSSR count). The van der Waals surface area contributed by atoms with E-state index in [1.54, 1.807) is 0 Å². The molecule has 0 atom stereocenters. The lowest BCUT2D eigenvalue weighted by atomic mass is 10.2. The third kappa shape index (κ3) is 5.05. The summed E-state index contributed by atoms with van der Waals surface area (Å²) in [5.74, 6) is 0.148. The number of hydrogen-bond donors (Lipinski definition) is 0. The van der Waals surface area contributed by atoms with Gasteiger partial charge in [-0.2, -0.15) is 0 Å². The van der Waals surface area contributed by atoms with Crippen LogP contribution < -0.4 is 4.74 Å². The van der Waals surface area contributed by atoms with Crippen LogP contribution in [0.1, 0.15) is 30.1 Å². The maximum atomic E-state index is 10.8. The summed E-state index contributed by atoms with van der Waals surface area (Å²) in [6.45, 7) is 3.35. The van der Waals surface area contributed by atoms with E-state index < -0.39 is 4.92 Å². The Hall–Kier alpha value is -1.95. The zero-order chi connectivity index (χ0) is 14.1. The minimum atomic E-state index is -0.569. The van der Waals surface area contributed by atoms with E-state index in [2.05, 4.69) is 6.92 Å². The molecule has 0 bridgehead atoms. The molecule has 0 amide bonds. The Kier molecular flexibility index (Phi) is 6.52. The predicted octanol–water partition coefficient (Wildman–Crippen LogP) is 2.60. The number of unbranched alkanes of at least 4 members (excludes halogenated alkanes) is 1. The second-order valence-electron chi connectivity index (χ2n) is 3.92. The normalized spacial score (nSPS) is 10.2.